The summed E-state index contributed by atoms with van der Waals surface area (Å²) in [5.74, 6) is 0.654. The Morgan fingerprint density at radius 1 is 1.18 bits per heavy atom. The summed E-state index contributed by atoms with van der Waals surface area (Å²) in [4.78, 5) is 27.5. The minimum atomic E-state index is -0.271. The Bertz CT molecular complexity index is 826. The van der Waals surface area contributed by atoms with Gasteiger partial charge >= 0.3 is 0 Å². The first-order valence-corrected chi connectivity index (χ1v) is 9.09. The molecule has 0 radical (unpaired) electrons. The standard InChI is InChI=1S/C21H25N3O3.ClH/c1-14-11-15(12-22)13-24(14)21(26)18-5-3-4-6-19(18)23-20(25)16-7-9-17(27-2)10-8-16;/h3-10,14-15H,11-13,22H2,1-2H3,(H,23,25);1H. The van der Waals surface area contributed by atoms with E-state index in [2.05, 4.69) is 5.32 Å². The van der Waals surface area contributed by atoms with Crippen molar-refractivity contribution in [1.82, 2.24) is 4.90 Å². The van der Waals surface area contributed by atoms with Crippen LogP contribution in [0.3, 0.4) is 0 Å². The molecule has 1 aliphatic rings. The molecule has 2 aromatic rings. The molecule has 6 nitrogen and oxygen atoms in total. The van der Waals surface area contributed by atoms with E-state index in [1.165, 1.54) is 0 Å². The number of hydrogen-bond acceptors (Lipinski definition) is 4. The molecule has 0 spiro atoms. The normalized spacial score (nSPS) is 18.3. The molecule has 3 N–H and O–H groups in total. The average Bonchev–Trinajstić information content (AvgIpc) is 3.08. The molecule has 2 unspecified atom stereocenters. The number of carbonyl (C=O) groups excluding carboxylic acids is 2. The third-order valence-electron chi connectivity index (χ3n) is 5.01. The van der Waals surface area contributed by atoms with Crippen molar-refractivity contribution in [1.29, 1.82) is 0 Å². The molecule has 1 heterocycles. The minimum Gasteiger partial charge on any atom is -0.497 e. The fourth-order valence-electron chi connectivity index (χ4n) is 3.47. The number of anilines is 1. The second kappa shape index (κ2) is 9.57. The zero-order valence-electron chi connectivity index (χ0n) is 16.1. The number of nitrogens with zero attached hydrogens (tertiary/aromatic N) is 1. The Labute approximate surface area is 171 Å². The fraction of sp³-hybridized carbons (Fsp3) is 0.333. The van der Waals surface area contributed by atoms with E-state index in [0.717, 1.165) is 6.42 Å². The lowest BCUT2D eigenvalue weighted by Crippen LogP contribution is -2.35. The lowest BCUT2D eigenvalue weighted by atomic mass is 10.1. The Kier molecular flexibility index (Phi) is 7.43. The molecule has 0 aliphatic carbocycles. The van der Waals surface area contributed by atoms with Gasteiger partial charge in [0.1, 0.15) is 5.75 Å². The first-order valence-electron chi connectivity index (χ1n) is 9.09. The predicted octanol–water partition coefficient (Wildman–Crippen LogP) is 3.18. The van der Waals surface area contributed by atoms with Gasteiger partial charge in [-0.15, -0.1) is 12.4 Å². The Morgan fingerprint density at radius 3 is 2.46 bits per heavy atom. The second-order valence-electron chi connectivity index (χ2n) is 6.87. The van der Waals surface area contributed by atoms with Crippen molar-refractivity contribution in [3.05, 3.63) is 59.7 Å². The maximum Gasteiger partial charge on any atom is 0.256 e. The number of carbonyl (C=O) groups is 2. The predicted molar refractivity (Wildman–Crippen MR) is 112 cm³/mol. The van der Waals surface area contributed by atoms with Crippen molar-refractivity contribution < 1.29 is 14.3 Å². The number of nitrogens with one attached hydrogen (secondary N) is 1. The van der Waals surface area contributed by atoms with Crippen LogP contribution in [0.1, 0.15) is 34.1 Å². The topological polar surface area (TPSA) is 84.7 Å². The molecule has 1 aliphatic heterocycles. The summed E-state index contributed by atoms with van der Waals surface area (Å²) in [5, 5.41) is 2.86. The van der Waals surface area contributed by atoms with Gasteiger partial charge in [0.25, 0.3) is 11.8 Å². The van der Waals surface area contributed by atoms with E-state index >= 15 is 0 Å². The van der Waals surface area contributed by atoms with Gasteiger partial charge in [-0.1, -0.05) is 12.1 Å². The van der Waals surface area contributed by atoms with Crippen LogP contribution in [-0.4, -0.2) is 43.0 Å². The van der Waals surface area contributed by atoms with Gasteiger partial charge in [0.15, 0.2) is 0 Å². The molecule has 2 atom stereocenters. The van der Waals surface area contributed by atoms with E-state index in [9.17, 15) is 9.59 Å². The summed E-state index contributed by atoms with van der Waals surface area (Å²) >= 11 is 0. The van der Waals surface area contributed by atoms with Gasteiger partial charge in [-0.05, 0) is 62.2 Å². The fourth-order valence-corrected chi connectivity index (χ4v) is 3.47. The van der Waals surface area contributed by atoms with Gasteiger partial charge < -0.3 is 20.7 Å². The average molecular weight is 404 g/mol. The van der Waals surface area contributed by atoms with E-state index in [1.807, 2.05) is 11.8 Å². The third-order valence-corrected chi connectivity index (χ3v) is 5.01. The van der Waals surface area contributed by atoms with Crippen LogP contribution in [0.5, 0.6) is 5.75 Å². The van der Waals surface area contributed by atoms with E-state index in [1.54, 1.807) is 55.6 Å². The number of hydrogen-bond donors (Lipinski definition) is 2. The van der Waals surface area contributed by atoms with Crippen LogP contribution in [0.2, 0.25) is 0 Å². The summed E-state index contributed by atoms with van der Waals surface area (Å²) < 4.78 is 5.11. The zero-order valence-corrected chi connectivity index (χ0v) is 16.9. The number of rotatable bonds is 5. The summed E-state index contributed by atoms with van der Waals surface area (Å²) in [7, 11) is 1.57. The van der Waals surface area contributed by atoms with Crippen LogP contribution in [0.15, 0.2) is 48.5 Å². The summed E-state index contributed by atoms with van der Waals surface area (Å²) in [6.45, 7) is 3.26. The van der Waals surface area contributed by atoms with Crippen molar-refractivity contribution in [3.8, 4) is 5.75 Å². The highest BCUT2D eigenvalue weighted by Crippen LogP contribution is 2.27. The van der Waals surface area contributed by atoms with Crippen LogP contribution < -0.4 is 15.8 Å². The molecule has 1 saturated heterocycles. The Hall–Kier alpha value is -2.57. The lowest BCUT2D eigenvalue weighted by Gasteiger charge is -2.23. The molecular weight excluding hydrogens is 378 g/mol. The first-order chi connectivity index (χ1) is 13.0. The Morgan fingerprint density at radius 2 is 1.86 bits per heavy atom. The minimum absolute atomic E-state index is 0. The van der Waals surface area contributed by atoms with Crippen molar-refractivity contribution in [3.63, 3.8) is 0 Å². The number of halogens is 1. The van der Waals surface area contributed by atoms with E-state index < -0.39 is 0 Å². The summed E-state index contributed by atoms with van der Waals surface area (Å²) in [5.41, 5.74) is 7.27. The van der Waals surface area contributed by atoms with E-state index in [-0.39, 0.29) is 30.3 Å². The van der Waals surface area contributed by atoms with Crippen LogP contribution in [0.4, 0.5) is 5.69 Å². The largest absolute Gasteiger partial charge is 0.497 e. The number of ether oxygens (including phenoxy) is 1. The van der Waals surface area contributed by atoms with E-state index in [4.69, 9.17) is 10.5 Å². The molecule has 2 amide bonds. The Balaban J connectivity index is 0.00000280. The molecule has 7 heteroatoms. The van der Waals surface area contributed by atoms with Crippen molar-refractivity contribution in [2.75, 3.05) is 25.5 Å². The number of nitrogens with two attached hydrogens (primary N) is 1. The highest BCUT2D eigenvalue weighted by atomic mass is 35.5. The first kappa shape index (κ1) is 21.7. The van der Waals surface area contributed by atoms with E-state index in [0.29, 0.717) is 41.6 Å². The number of likely N-dealkylation sites (tertiary alicyclic amines) is 1. The number of methoxy groups -OCH3 is 1. The molecule has 0 bridgehead atoms. The van der Waals surface area contributed by atoms with Gasteiger partial charge in [0, 0.05) is 18.2 Å². The quantitative estimate of drug-likeness (QED) is 0.802. The van der Waals surface area contributed by atoms with Crippen molar-refractivity contribution >= 4 is 29.9 Å². The van der Waals surface area contributed by atoms with Crippen LogP contribution >= 0.6 is 12.4 Å². The molecule has 0 aromatic heterocycles. The molecule has 1 fully saturated rings. The second-order valence-corrected chi connectivity index (χ2v) is 6.87. The smallest absolute Gasteiger partial charge is 0.256 e. The molecule has 28 heavy (non-hydrogen) atoms. The number of benzene rings is 2. The highest BCUT2D eigenvalue weighted by molar-refractivity contribution is 6.09. The van der Waals surface area contributed by atoms with Crippen LogP contribution in [0.25, 0.3) is 0 Å². The van der Waals surface area contributed by atoms with Gasteiger partial charge in [0.2, 0.25) is 0 Å². The summed E-state index contributed by atoms with van der Waals surface area (Å²) in [6, 6.07) is 14.1. The number of amides is 2. The van der Waals surface area contributed by atoms with Gasteiger partial charge in [-0.3, -0.25) is 9.59 Å². The molecule has 0 saturated carbocycles. The van der Waals surface area contributed by atoms with Crippen LogP contribution in [-0.2, 0) is 0 Å². The summed E-state index contributed by atoms with van der Waals surface area (Å²) in [6.07, 6.45) is 0.905. The van der Waals surface area contributed by atoms with Gasteiger partial charge in [-0.25, -0.2) is 0 Å². The monoisotopic (exact) mass is 403 g/mol. The van der Waals surface area contributed by atoms with Crippen molar-refractivity contribution in [2.45, 2.75) is 19.4 Å². The highest BCUT2D eigenvalue weighted by Gasteiger charge is 2.33. The lowest BCUT2D eigenvalue weighted by molar-refractivity contribution is 0.0744. The third kappa shape index (κ3) is 4.64. The maximum absolute atomic E-state index is 13.1. The van der Waals surface area contributed by atoms with Crippen LogP contribution in [0, 0.1) is 5.92 Å². The van der Waals surface area contributed by atoms with Crippen molar-refractivity contribution in [2.24, 2.45) is 11.7 Å². The molecule has 150 valence electrons. The van der Waals surface area contributed by atoms with Gasteiger partial charge in [-0.2, -0.15) is 0 Å². The molecular formula is C21H26ClN3O3. The maximum atomic E-state index is 13.1. The molecule has 2 aromatic carbocycles. The molecule has 3 rings (SSSR count). The SMILES string of the molecule is COc1ccc(C(=O)Nc2ccccc2C(=O)N2CC(CN)CC2C)cc1.Cl. The zero-order chi connectivity index (χ0) is 19.4. The number of para-hydroxylation sites is 1. The van der Waals surface area contributed by atoms with Gasteiger partial charge in [0.05, 0.1) is 18.4 Å².